The maximum atomic E-state index is 11.0. The van der Waals surface area contributed by atoms with E-state index in [4.69, 9.17) is 5.73 Å². The van der Waals surface area contributed by atoms with Gasteiger partial charge in [-0.25, -0.2) is 4.98 Å². The van der Waals surface area contributed by atoms with Gasteiger partial charge in [-0.3, -0.25) is 10.1 Å². The molecule has 1 aromatic heterocycles. The molecule has 1 heterocycles. The molecule has 8 nitrogen and oxygen atoms in total. The maximum Gasteiger partial charge on any atom is 0.332 e. The monoisotopic (exact) mass is 287 g/mol. The van der Waals surface area contributed by atoms with E-state index in [1.807, 2.05) is 6.26 Å². The van der Waals surface area contributed by atoms with Crippen LogP contribution in [-0.2, 0) is 0 Å². The standard InChI is InChI=1S/C10H17N5O3S/c1-6-7(15(17)18)8(14-9(11)13-6)12-4-10(2,16)5-19-3/h16H,4-5H2,1-3H3,(H3,11,12,13,14). The number of nitro groups is 1. The molecule has 1 rings (SSSR count). The van der Waals surface area contributed by atoms with E-state index in [2.05, 4.69) is 15.3 Å². The highest BCUT2D eigenvalue weighted by atomic mass is 32.2. The van der Waals surface area contributed by atoms with Crippen LogP contribution in [0.25, 0.3) is 0 Å². The van der Waals surface area contributed by atoms with Crippen molar-refractivity contribution in [2.45, 2.75) is 19.4 Å². The number of hydrogen-bond acceptors (Lipinski definition) is 8. The summed E-state index contributed by atoms with van der Waals surface area (Å²) >= 11 is 1.48. The molecule has 1 unspecified atom stereocenters. The van der Waals surface area contributed by atoms with Crippen molar-refractivity contribution < 1.29 is 10.0 Å². The molecule has 0 aromatic carbocycles. The van der Waals surface area contributed by atoms with E-state index in [-0.39, 0.29) is 29.7 Å². The third-order valence-corrected chi connectivity index (χ3v) is 3.26. The first-order valence-electron chi connectivity index (χ1n) is 5.50. The van der Waals surface area contributed by atoms with Gasteiger partial charge < -0.3 is 16.2 Å². The van der Waals surface area contributed by atoms with Crippen molar-refractivity contribution in [3.8, 4) is 0 Å². The molecule has 0 radical (unpaired) electrons. The predicted octanol–water partition coefficient (Wildman–Crippen LogP) is 0.801. The van der Waals surface area contributed by atoms with Gasteiger partial charge >= 0.3 is 5.69 Å². The molecule has 1 aromatic rings. The molecule has 0 aliphatic carbocycles. The van der Waals surface area contributed by atoms with Crippen LogP contribution >= 0.6 is 11.8 Å². The Labute approximate surface area is 115 Å². The number of nitrogens with two attached hydrogens (primary N) is 1. The Hall–Kier alpha value is -1.61. The van der Waals surface area contributed by atoms with Gasteiger partial charge in [0, 0.05) is 12.3 Å². The smallest absolute Gasteiger partial charge is 0.332 e. The molecule has 0 spiro atoms. The van der Waals surface area contributed by atoms with Crippen molar-refractivity contribution in [1.82, 2.24) is 9.97 Å². The number of nitrogen functional groups attached to an aromatic ring is 1. The zero-order valence-electron chi connectivity index (χ0n) is 11.0. The van der Waals surface area contributed by atoms with Crippen molar-refractivity contribution in [3.63, 3.8) is 0 Å². The molecule has 4 N–H and O–H groups in total. The van der Waals surface area contributed by atoms with E-state index in [9.17, 15) is 15.2 Å². The van der Waals surface area contributed by atoms with Gasteiger partial charge in [0.1, 0.15) is 5.69 Å². The average Bonchev–Trinajstić information content (AvgIpc) is 2.24. The number of nitrogens with zero attached hydrogens (tertiary/aromatic N) is 3. The van der Waals surface area contributed by atoms with Gasteiger partial charge in [-0.05, 0) is 20.1 Å². The molecular formula is C10H17N5O3S. The van der Waals surface area contributed by atoms with Crippen LogP contribution in [0.4, 0.5) is 17.5 Å². The molecule has 0 fully saturated rings. The summed E-state index contributed by atoms with van der Waals surface area (Å²) in [4.78, 5) is 18.0. The lowest BCUT2D eigenvalue weighted by Gasteiger charge is -2.22. The highest BCUT2D eigenvalue weighted by molar-refractivity contribution is 7.98. The summed E-state index contributed by atoms with van der Waals surface area (Å²) in [5.74, 6) is 0.472. The maximum absolute atomic E-state index is 11.0. The van der Waals surface area contributed by atoms with Crippen molar-refractivity contribution in [2.24, 2.45) is 0 Å². The Kier molecular flexibility index (Phi) is 4.90. The van der Waals surface area contributed by atoms with E-state index in [1.165, 1.54) is 18.7 Å². The van der Waals surface area contributed by atoms with Crippen LogP contribution in [0, 0.1) is 17.0 Å². The minimum absolute atomic E-state index is 0.0244. The van der Waals surface area contributed by atoms with E-state index in [1.54, 1.807) is 6.92 Å². The molecule has 9 heteroatoms. The number of aliphatic hydroxyl groups is 1. The second-order valence-electron chi connectivity index (χ2n) is 4.41. The Morgan fingerprint density at radius 3 is 2.74 bits per heavy atom. The molecule has 0 aliphatic rings. The fourth-order valence-electron chi connectivity index (χ4n) is 1.57. The van der Waals surface area contributed by atoms with E-state index >= 15 is 0 Å². The predicted molar refractivity (Wildman–Crippen MR) is 75.3 cm³/mol. The van der Waals surface area contributed by atoms with Crippen LogP contribution in [0.15, 0.2) is 0 Å². The second-order valence-corrected chi connectivity index (χ2v) is 5.27. The Balaban J connectivity index is 2.97. The van der Waals surface area contributed by atoms with Crippen molar-refractivity contribution in [3.05, 3.63) is 15.8 Å². The number of nitrogens with one attached hydrogen (secondary N) is 1. The number of aromatic nitrogens is 2. The number of hydrogen-bond donors (Lipinski definition) is 3. The SMILES string of the molecule is CSCC(C)(O)CNc1nc(N)nc(C)c1[N+](=O)[O-]. The first kappa shape index (κ1) is 15.4. The molecule has 0 amide bonds. The summed E-state index contributed by atoms with van der Waals surface area (Å²) in [6, 6.07) is 0. The molecular weight excluding hydrogens is 270 g/mol. The Bertz CT molecular complexity index is 480. The molecule has 19 heavy (non-hydrogen) atoms. The summed E-state index contributed by atoms with van der Waals surface area (Å²) in [5.41, 5.74) is 4.43. The van der Waals surface area contributed by atoms with Gasteiger partial charge in [0.25, 0.3) is 0 Å². The first-order valence-corrected chi connectivity index (χ1v) is 6.90. The molecule has 0 saturated carbocycles. The largest absolute Gasteiger partial charge is 0.387 e. The van der Waals surface area contributed by atoms with Crippen LogP contribution in [0.3, 0.4) is 0 Å². The number of thioether (sulfide) groups is 1. The third-order valence-electron chi connectivity index (χ3n) is 2.35. The van der Waals surface area contributed by atoms with Crippen molar-refractivity contribution in [1.29, 1.82) is 0 Å². The summed E-state index contributed by atoms with van der Waals surface area (Å²) in [6.45, 7) is 3.26. The lowest BCUT2D eigenvalue weighted by molar-refractivity contribution is -0.385. The van der Waals surface area contributed by atoms with E-state index in [0.717, 1.165) is 0 Å². The van der Waals surface area contributed by atoms with Crippen LogP contribution in [0.2, 0.25) is 0 Å². The third kappa shape index (κ3) is 4.21. The molecule has 106 valence electrons. The van der Waals surface area contributed by atoms with Gasteiger partial charge in [-0.1, -0.05) is 0 Å². The summed E-state index contributed by atoms with van der Waals surface area (Å²) in [6.07, 6.45) is 1.86. The zero-order chi connectivity index (χ0) is 14.6. The topological polar surface area (TPSA) is 127 Å². The Morgan fingerprint density at radius 2 is 2.21 bits per heavy atom. The van der Waals surface area contributed by atoms with Gasteiger partial charge in [0.2, 0.25) is 11.8 Å². The highest BCUT2D eigenvalue weighted by Gasteiger charge is 2.25. The zero-order valence-corrected chi connectivity index (χ0v) is 11.8. The van der Waals surface area contributed by atoms with Crippen molar-refractivity contribution >= 4 is 29.2 Å². The summed E-state index contributed by atoms with van der Waals surface area (Å²) in [5, 5.41) is 23.8. The lowest BCUT2D eigenvalue weighted by Crippen LogP contribution is -2.36. The molecule has 0 saturated heterocycles. The second kappa shape index (κ2) is 6.02. The van der Waals surface area contributed by atoms with E-state index < -0.39 is 10.5 Å². The van der Waals surface area contributed by atoms with Gasteiger partial charge in [0.15, 0.2) is 0 Å². The van der Waals surface area contributed by atoms with Crippen LogP contribution in [0.1, 0.15) is 12.6 Å². The summed E-state index contributed by atoms with van der Waals surface area (Å²) in [7, 11) is 0. The minimum Gasteiger partial charge on any atom is -0.387 e. The van der Waals surface area contributed by atoms with Gasteiger partial charge in [0.05, 0.1) is 10.5 Å². The molecule has 1 atom stereocenters. The van der Waals surface area contributed by atoms with Crippen LogP contribution in [-0.4, -0.2) is 44.2 Å². The minimum atomic E-state index is -0.999. The van der Waals surface area contributed by atoms with Crippen LogP contribution < -0.4 is 11.1 Å². The Morgan fingerprint density at radius 1 is 1.58 bits per heavy atom. The van der Waals surface area contributed by atoms with E-state index in [0.29, 0.717) is 5.75 Å². The fourth-order valence-corrected chi connectivity index (χ4v) is 2.29. The lowest BCUT2D eigenvalue weighted by atomic mass is 10.1. The summed E-state index contributed by atoms with van der Waals surface area (Å²) < 4.78 is 0. The van der Waals surface area contributed by atoms with Gasteiger partial charge in [-0.15, -0.1) is 0 Å². The van der Waals surface area contributed by atoms with Crippen molar-refractivity contribution in [2.75, 3.05) is 29.6 Å². The van der Waals surface area contributed by atoms with Crippen LogP contribution in [0.5, 0.6) is 0 Å². The number of aryl methyl sites for hydroxylation is 1. The first-order chi connectivity index (χ1) is 8.76. The molecule has 0 bridgehead atoms. The number of rotatable bonds is 6. The fraction of sp³-hybridized carbons (Fsp3) is 0.600. The average molecular weight is 287 g/mol. The quantitative estimate of drug-likeness (QED) is 0.518. The van der Waals surface area contributed by atoms with Gasteiger partial charge in [-0.2, -0.15) is 16.7 Å². The molecule has 0 aliphatic heterocycles. The highest BCUT2D eigenvalue weighted by Crippen LogP contribution is 2.26. The normalized spacial score (nSPS) is 13.9. The number of anilines is 2.